The van der Waals surface area contributed by atoms with E-state index in [4.69, 9.17) is 0 Å². The first-order valence-corrected chi connectivity index (χ1v) is 15.9. The Bertz CT molecular complexity index is 2100. The van der Waals surface area contributed by atoms with Crippen LogP contribution >= 0.6 is 11.2 Å². The van der Waals surface area contributed by atoms with Crippen LogP contribution in [0.2, 0.25) is 0 Å². The molecule has 44 heavy (non-hydrogen) atoms. The van der Waals surface area contributed by atoms with Gasteiger partial charge in [-0.25, -0.2) is 0 Å². The first-order chi connectivity index (χ1) is 21.6. The number of fused-ring (bicyclic) bond motifs is 2. The third kappa shape index (κ3) is 4.12. The first kappa shape index (κ1) is 26.4. The second kappa shape index (κ2) is 10.5. The van der Waals surface area contributed by atoms with Crippen molar-refractivity contribution >= 4 is 28.0 Å². The molecule has 6 aromatic rings. The van der Waals surface area contributed by atoms with E-state index < -0.39 is 11.2 Å². The molecule has 0 bridgehead atoms. The van der Waals surface area contributed by atoms with Crippen LogP contribution in [-0.4, -0.2) is 13.7 Å². The highest BCUT2D eigenvalue weighted by Crippen LogP contribution is 2.66. The van der Waals surface area contributed by atoms with E-state index in [0.29, 0.717) is 22.8 Å². The van der Waals surface area contributed by atoms with E-state index in [1.165, 1.54) is 7.95 Å². The summed E-state index contributed by atoms with van der Waals surface area (Å²) in [7, 11) is 0. The monoisotopic (exact) mass is 593 g/mol. The maximum absolute atomic E-state index is 17.8. The van der Waals surface area contributed by atoms with Crippen molar-refractivity contribution in [1.82, 2.24) is 3.97 Å². The Morgan fingerprint density at radius 2 is 0.955 bits per heavy atom. The van der Waals surface area contributed by atoms with Gasteiger partial charge in [0, 0.05) is 17.2 Å². The van der Waals surface area contributed by atoms with E-state index >= 15 is 7.77 Å². The molecule has 0 aliphatic carbocycles. The molecule has 0 saturated heterocycles. The van der Waals surface area contributed by atoms with Crippen molar-refractivity contribution in [3.8, 4) is 22.4 Å². The Morgan fingerprint density at radius 1 is 0.500 bits per heavy atom. The average Bonchev–Trinajstić information content (AvgIpc) is 3.69. The topological polar surface area (TPSA) is 7.94 Å². The van der Waals surface area contributed by atoms with Crippen LogP contribution in [0.25, 0.3) is 33.5 Å². The number of hydrogen-bond acceptors (Lipinski definition) is 0. The lowest BCUT2D eigenvalue weighted by atomic mass is 9.91. The number of benzene rings is 5. The van der Waals surface area contributed by atoms with Crippen molar-refractivity contribution in [2.75, 3.05) is 0 Å². The smallest absolute Gasteiger partial charge is 0.200 e. The lowest BCUT2D eigenvalue weighted by Crippen LogP contribution is -2.27. The van der Waals surface area contributed by atoms with Crippen molar-refractivity contribution in [2.24, 2.45) is 0 Å². The molecule has 0 atom stereocenters. The van der Waals surface area contributed by atoms with Crippen molar-refractivity contribution in [1.29, 1.82) is 0 Å². The molecule has 5 heteroatoms. The maximum atomic E-state index is 17.8. The fourth-order valence-corrected chi connectivity index (χ4v) is 8.05. The minimum Gasteiger partial charge on any atom is -0.200 e. The highest BCUT2D eigenvalue weighted by molar-refractivity contribution is 8.19. The van der Waals surface area contributed by atoms with Crippen molar-refractivity contribution in [3.63, 3.8) is 0 Å². The van der Waals surface area contributed by atoms with Crippen molar-refractivity contribution in [3.05, 3.63) is 192 Å². The van der Waals surface area contributed by atoms with Gasteiger partial charge < -0.3 is 0 Å². The molecule has 2 nitrogen and oxygen atoms in total. The van der Waals surface area contributed by atoms with Gasteiger partial charge in [0.25, 0.3) is 0 Å². The zero-order valence-electron chi connectivity index (χ0n) is 23.6. The molecule has 8 rings (SSSR count). The van der Waals surface area contributed by atoms with E-state index in [2.05, 4.69) is 0 Å². The molecule has 0 spiro atoms. The summed E-state index contributed by atoms with van der Waals surface area (Å²) in [6.07, 6.45) is 1.95. The van der Waals surface area contributed by atoms with Gasteiger partial charge in [0.1, 0.15) is 0 Å². The highest BCUT2D eigenvalue weighted by atomic mass is 32.3. The van der Waals surface area contributed by atoms with Gasteiger partial charge >= 0.3 is 11.2 Å². The molecule has 2 aliphatic heterocycles. The van der Waals surface area contributed by atoms with Gasteiger partial charge in [-0.3, -0.25) is 0 Å². The predicted molar refractivity (Wildman–Crippen MR) is 178 cm³/mol. The molecule has 1 aromatic heterocycles. The van der Waals surface area contributed by atoms with Gasteiger partial charge in [-0.2, -0.15) is 3.97 Å². The lowest BCUT2D eigenvalue weighted by Gasteiger charge is -2.30. The van der Waals surface area contributed by atoms with Crippen LogP contribution in [0.15, 0.2) is 169 Å². The zero-order valence-corrected chi connectivity index (χ0v) is 24.5. The van der Waals surface area contributed by atoms with Gasteiger partial charge in [-0.1, -0.05) is 151 Å². The molecule has 3 heterocycles. The summed E-state index contributed by atoms with van der Waals surface area (Å²) in [4.78, 5) is 0. The number of halogens is 2. The Hall–Kier alpha value is -5.26. The summed E-state index contributed by atoms with van der Waals surface area (Å²) in [5.41, 5.74) is 8.56. The average molecular weight is 594 g/mol. The third-order valence-corrected chi connectivity index (χ3v) is 9.84. The zero-order chi connectivity index (χ0) is 29.7. The summed E-state index contributed by atoms with van der Waals surface area (Å²) in [6.45, 7) is 0. The van der Waals surface area contributed by atoms with Gasteiger partial charge in [0.15, 0.2) is 0 Å². The van der Waals surface area contributed by atoms with Gasteiger partial charge in [-0.15, -0.1) is 0 Å². The summed E-state index contributed by atoms with van der Waals surface area (Å²) < 4.78 is 38.3. The summed E-state index contributed by atoms with van der Waals surface area (Å²) in [5.74, 6) is 0. The van der Waals surface area contributed by atoms with Crippen LogP contribution in [0.5, 0.6) is 0 Å². The number of allylic oxidation sites excluding steroid dienone is 2. The first-order valence-electron chi connectivity index (χ1n) is 14.5. The highest BCUT2D eigenvalue weighted by Gasteiger charge is 2.56. The van der Waals surface area contributed by atoms with E-state index in [0.717, 1.165) is 44.5 Å². The molecular formula is C39H27F2N2S+. The van der Waals surface area contributed by atoms with Crippen LogP contribution < -0.4 is 0 Å². The van der Waals surface area contributed by atoms with Crippen LogP contribution in [-0.2, 0) is 0 Å². The SMILES string of the molecule is FS1(F)n2c(-c3ccccc3)cc(-c3ccccc3)c2C(c2ccccc2)=C2C(c3ccccc3)=CC(c3ccccc3)=[N+]21. The van der Waals surface area contributed by atoms with E-state index in [1.54, 1.807) is 0 Å². The maximum Gasteiger partial charge on any atom is 0.388 e. The Balaban J connectivity index is 1.58. The minimum atomic E-state index is -4.66. The summed E-state index contributed by atoms with van der Waals surface area (Å²) in [5, 5.41) is 0. The Kier molecular flexibility index (Phi) is 6.28. The molecule has 212 valence electrons. The van der Waals surface area contributed by atoms with Gasteiger partial charge in [0.05, 0.1) is 22.5 Å². The normalized spacial score (nSPS) is 15.9. The Labute approximate surface area is 257 Å². The van der Waals surface area contributed by atoms with Crippen LogP contribution in [0.1, 0.15) is 22.4 Å². The fourth-order valence-electron chi connectivity index (χ4n) is 6.28. The molecule has 5 aromatic carbocycles. The lowest BCUT2D eigenvalue weighted by molar-refractivity contribution is -0.299. The minimum absolute atomic E-state index is 0.493. The van der Waals surface area contributed by atoms with Crippen molar-refractivity contribution in [2.45, 2.75) is 0 Å². The van der Waals surface area contributed by atoms with Crippen LogP contribution in [0.3, 0.4) is 0 Å². The molecule has 0 amide bonds. The number of nitrogens with zero attached hydrogens (tertiary/aromatic N) is 2. The van der Waals surface area contributed by atoms with Gasteiger partial charge in [-0.05, 0) is 40.5 Å². The predicted octanol–water partition coefficient (Wildman–Crippen LogP) is 10.4. The molecule has 0 saturated carbocycles. The Morgan fingerprint density at radius 3 is 1.50 bits per heavy atom. The number of aromatic nitrogens is 1. The van der Waals surface area contributed by atoms with E-state index in [-0.39, 0.29) is 0 Å². The number of hydrogen-bond donors (Lipinski definition) is 0. The van der Waals surface area contributed by atoms with Crippen LogP contribution in [0, 0.1) is 0 Å². The van der Waals surface area contributed by atoms with Crippen molar-refractivity contribution < 1.29 is 11.8 Å². The second-order valence-corrected chi connectivity index (χ2v) is 12.4. The largest absolute Gasteiger partial charge is 0.388 e. The van der Waals surface area contributed by atoms with Crippen LogP contribution in [0.4, 0.5) is 7.77 Å². The fraction of sp³-hybridized carbons (Fsp3) is 0. The molecule has 2 aliphatic rings. The molecular weight excluding hydrogens is 567 g/mol. The van der Waals surface area contributed by atoms with E-state index in [9.17, 15) is 0 Å². The molecule has 0 radical (unpaired) electrons. The quantitative estimate of drug-likeness (QED) is 0.176. The van der Waals surface area contributed by atoms with E-state index in [1.807, 2.05) is 164 Å². The molecule has 0 N–H and O–H groups in total. The summed E-state index contributed by atoms with van der Waals surface area (Å²) >= 11 is -4.66. The van der Waals surface area contributed by atoms with Gasteiger partial charge in [0.2, 0.25) is 11.4 Å². The summed E-state index contributed by atoms with van der Waals surface area (Å²) in [6, 6.07) is 50.8. The second-order valence-electron chi connectivity index (χ2n) is 10.8. The standard InChI is InChI=1S/C39H27F2N2S/c40-44(41)42-35(30-20-10-3-11-21-30)26-33(28-16-6-1-7-17-28)38(42)37(32-24-14-5-15-25-32)39-34(29-18-8-2-9-19-29)27-36(43(39)44)31-22-12-4-13-23-31/h1-27H/q+1. The number of rotatable bonds is 5. The third-order valence-electron chi connectivity index (χ3n) is 8.20. The molecule has 0 unspecified atom stereocenters. The molecule has 0 fully saturated rings.